The summed E-state index contributed by atoms with van der Waals surface area (Å²) in [5, 5.41) is 0. The molecule has 1 aromatic carbocycles. The minimum Gasteiger partial charge on any atom is -0.330 e. The maximum atomic E-state index is 13.5. The molecule has 0 aromatic heterocycles. The van der Waals surface area contributed by atoms with Gasteiger partial charge in [-0.25, -0.2) is 8.78 Å². The van der Waals surface area contributed by atoms with Gasteiger partial charge in [-0.05, 0) is 28.1 Å². The fourth-order valence-electron chi connectivity index (χ4n) is 1.21. The second-order valence-electron chi connectivity index (χ2n) is 3.60. The van der Waals surface area contributed by atoms with Gasteiger partial charge in [0.25, 0.3) is 0 Å². The summed E-state index contributed by atoms with van der Waals surface area (Å²) in [4.78, 5) is 11.5. The first-order valence-corrected chi connectivity index (χ1v) is 5.61. The lowest BCUT2D eigenvalue weighted by Gasteiger charge is -2.09. The van der Waals surface area contributed by atoms with Crippen molar-refractivity contribution in [1.29, 1.82) is 0 Å². The number of carbonyl (C=O) groups is 1. The lowest BCUT2D eigenvalue weighted by Crippen LogP contribution is -2.23. The fraction of sp³-hybridized carbons (Fsp3) is 0.364. The number of rotatable bonds is 4. The van der Waals surface area contributed by atoms with Gasteiger partial charge < -0.3 is 5.73 Å². The van der Waals surface area contributed by atoms with Crippen molar-refractivity contribution in [2.75, 3.05) is 6.54 Å². The molecule has 0 saturated heterocycles. The highest BCUT2D eigenvalue weighted by Gasteiger charge is 2.18. The number of hydrogen-bond donors (Lipinski definition) is 1. The van der Waals surface area contributed by atoms with E-state index in [9.17, 15) is 13.6 Å². The van der Waals surface area contributed by atoms with Gasteiger partial charge in [0, 0.05) is 24.4 Å². The van der Waals surface area contributed by atoms with E-state index in [-0.39, 0.29) is 28.8 Å². The molecule has 0 amide bonds. The molecule has 88 valence electrons. The second kappa shape index (κ2) is 5.50. The van der Waals surface area contributed by atoms with E-state index in [0.717, 1.165) is 6.07 Å². The molecule has 1 atom stereocenters. The van der Waals surface area contributed by atoms with Gasteiger partial charge >= 0.3 is 0 Å². The first kappa shape index (κ1) is 13.3. The van der Waals surface area contributed by atoms with Gasteiger partial charge in [0.2, 0.25) is 0 Å². The van der Waals surface area contributed by atoms with E-state index in [0.29, 0.717) is 0 Å². The van der Waals surface area contributed by atoms with Crippen molar-refractivity contribution in [3.63, 3.8) is 0 Å². The Morgan fingerprint density at radius 3 is 2.69 bits per heavy atom. The summed E-state index contributed by atoms with van der Waals surface area (Å²) < 4.78 is 27.0. The predicted molar refractivity (Wildman–Crippen MR) is 61.0 cm³/mol. The zero-order valence-electron chi connectivity index (χ0n) is 8.77. The number of carbonyl (C=O) groups excluding carboxylic acids is 1. The van der Waals surface area contributed by atoms with Gasteiger partial charge in [-0.1, -0.05) is 6.92 Å². The first-order valence-electron chi connectivity index (χ1n) is 4.82. The van der Waals surface area contributed by atoms with E-state index in [1.54, 1.807) is 6.92 Å². The fourth-order valence-corrected chi connectivity index (χ4v) is 1.58. The van der Waals surface area contributed by atoms with Crippen molar-refractivity contribution in [3.8, 4) is 0 Å². The van der Waals surface area contributed by atoms with E-state index < -0.39 is 17.6 Å². The second-order valence-corrected chi connectivity index (χ2v) is 4.46. The summed E-state index contributed by atoms with van der Waals surface area (Å²) in [6.45, 7) is 1.81. The zero-order chi connectivity index (χ0) is 12.3. The highest BCUT2D eigenvalue weighted by atomic mass is 79.9. The topological polar surface area (TPSA) is 43.1 Å². The molecule has 0 heterocycles. The van der Waals surface area contributed by atoms with Gasteiger partial charge in [-0.15, -0.1) is 0 Å². The van der Waals surface area contributed by atoms with Crippen LogP contribution < -0.4 is 5.73 Å². The predicted octanol–water partition coefficient (Wildman–Crippen LogP) is 2.43. The summed E-state index contributed by atoms with van der Waals surface area (Å²) in [6, 6.07) is 2.40. The van der Waals surface area contributed by atoms with Gasteiger partial charge in [-0.3, -0.25) is 4.79 Å². The lowest BCUT2D eigenvalue weighted by atomic mass is 9.99. The van der Waals surface area contributed by atoms with Gasteiger partial charge in [0.1, 0.15) is 17.4 Å². The van der Waals surface area contributed by atoms with Crippen LogP contribution in [0.5, 0.6) is 0 Å². The van der Waals surface area contributed by atoms with Gasteiger partial charge in [0.15, 0.2) is 0 Å². The van der Waals surface area contributed by atoms with Crippen LogP contribution in [0.2, 0.25) is 0 Å². The molecule has 0 aliphatic rings. The summed E-state index contributed by atoms with van der Waals surface area (Å²) in [6.07, 6.45) is -0.268. The third kappa shape index (κ3) is 2.86. The zero-order valence-corrected chi connectivity index (χ0v) is 10.4. The highest BCUT2D eigenvalue weighted by Crippen LogP contribution is 2.22. The number of ketones is 1. The number of nitrogens with two attached hydrogens (primary N) is 1. The van der Waals surface area contributed by atoms with Crippen molar-refractivity contribution in [1.82, 2.24) is 0 Å². The summed E-state index contributed by atoms with van der Waals surface area (Å²) >= 11 is 2.95. The molecule has 0 saturated carbocycles. The lowest BCUT2D eigenvalue weighted by molar-refractivity contribution is -0.121. The molecule has 1 aromatic rings. The quantitative estimate of drug-likeness (QED) is 0.866. The van der Waals surface area contributed by atoms with E-state index in [4.69, 9.17) is 5.73 Å². The van der Waals surface area contributed by atoms with Crippen molar-refractivity contribution in [2.45, 2.75) is 13.3 Å². The Labute approximate surface area is 101 Å². The molecule has 0 aliphatic carbocycles. The van der Waals surface area contributed by atoms with Crippen LogP contribution in [0, 0.1) is 17.6 Å². The molecule has 2 nitrogen and oxygen atoms in total. The molecule has 1 rings (SSSR count). The van der Waals surface area contributed by atoms with Crippen LogP contribution in [0.25, 0.3) is 0 Å². The van der Waals surface area contributed by atoms with Crippen molar-refractivity contribution in [2.24, 2.45) is 11.7 Å². The van der Waals surface area contributed by atoms with Crippen molar-refractivity contribution < 1.29 is 13.6 Å². The Morgan fingerprint density at radius 2 is 2.12 bits per heavy atom. The SMILES string of the molecule is CC(CN)C(=O)Cc1c(F)ccc(Br)c1F. The Kier molecular flexibility index (Phi) is 4.56. The van der Waals surface area contributed by atoms with Crippen LogP contribution in [-0.4, -0.2) is 12.3 Å². The van der Waals surface area contributed by atoms with Crippen LogP contribution in [0.4, 0.5) is 8.78 Å². The van der Waals surface area contributed by atoms with E-state index in [1.807, 2.05) is 0 Å². The standard InChI is InChI=1S/C11H12BrF2NO/c1-6(5-15)10(16)4-7-9(13)3-2-8(12)11(7)14/h2-3,6H,4-5,15H2,1H3. The molecule has 0 fully saturated rings. The van der Waals surface area contributed by atoms with E-state index in [2.05, 4.69) is 15.9 Å². The van der Waals surface area contributed by atoms with Crippen LogP contribution in [0.3, 0.4) is 0 Å². The third-order valence-electron chi connectivity index (χ3n) is 2.39. The molecule has 2 N–H and O–H groups in total. The van der Waals surface area contributed by atoms with E-state index >= 15 is 0 Å². The average Bonchev–Trinajstić information content (AvgIpc) is 2.28. The van der Waals surface area contributed by atoms with Crippen LogP contribution in [-0.2, 0) is 11.2 Å². The Balaban J connectivity index is 2.97. The monoisotopic (exact) mass is 291 g/mol. The Bertz CT molecular complexity index is 409. The maximum absolute atomic E-state index is 13.5. The summed E-state index contributed by atoms with van der Waals surface area (Å²) in [7, 11) is 0. The molecule has 0 spiro atoms. The molecular formula is C11H12BrF2NO. The smallest absolute Gasteiger partial charge is 0.143 e. The Hall–Kier alpha value is -0.810. The van der Waals surface area contributed by atoms with Gasteiger partial charge in [-0.2, -0.15) is 0 Å². The average molecular weight is 292 g/mol. The number of hydrogen-bond acceptors (Lipinski definition) is 2. The summed E-state index contributed by atoms with van der Waals surface area (Å²) in [5.74, 6) is -2.09. The number of benzene rings is 1. The highest BCUT2D eigenvalue weighted by molar-refractivity contribution is 9.10. The number of halogens is 3. The molecule has 0 radical (unpaired) electrons. The third-order valence-corrected chi connectivity index (χ3v) is 3.01. The molecular weight excluding hydrogens is 280 g/mol. The summed E-state index contributed by atoms with van der Waals surface area (Å²) in [5.41, 5.74) is 5.11. The molecule has 16 heavy (non-hydrogen) atoms. The van der Waals surface area contributed by atoms with Crippen molar-refractivity contribution >= 4 is 21.7 Å². The number of Topliss-reactive ketones (excluding diaryl/α,β-unsaturated/α-hetero) is 1. The molecule has 0 bridgehead atoms. The van der Waals surface area contributed by atoms with Crippen molar-refractivity contribution in [3.05, 3.63) is 33.8 Å². The largest absolute Gasteiger partial charge is 0.330 e. The van der Waals surface area contributed by atoms with Crippen LogP contribution in [0.15, 0.2) is 16.6 Å². The maximum Gasteiger partial charge on any atom is 0.143 e. The first-order chi connectivity index (χ1) is 7.47. The van der Waals surface area contributed by atoms with Crippen LogP contribution in [0.1, 0.15) is 12.5 Å². The minimum absolute atomic E-state index is 0.150. The normalized spacial score (nSPS) is 12.6. The molecule has 1 unspecified atom stereocenters. The molecule has 5 heteroatoms. The van der Waals surface area contributed by atoms with Gasteiger partial charge in [0.05, 0.1) is 4.47 Å². The van der Waals surface area contributed by atoms with E-state index in [1.165, 1.54) is 6.07 Å². The Morgan fingerprint density at radius 1 is 1.50 bits per heavy atom. The minimum atomic E-state index is -0.724. The molecule has 0 aliphatic heterocycles. The van der Waals surface area contributed by atoms with Crippen LogP contribution >= 0.6 is 15.9 Å².